The highest BCUT2D eigenvalue weighted by Crippen LogP contribution is 2.50. The van der Waals surface area contributed by atoms with Crippen LogP contribution in [-0.2, 0) is 46.5 Å². The molecule has 2 aromatic rings. The van der Waals surface area contributed by atoms with Gasteiger partial charge in [0.25, 0.3) is 5.91 Å². The zero-order chi connectivity index (χ0) is 48.9. The van der Waals surface area contributed by atoms with Crippen LogP contribution in [0.25, 0.3) is 10.9 Å². The van der Waals surface area contributed by atoms with Crippen LogP contribution >= 0.6 is 0 Å². The maximum Gasteiger partial charge on any atom is 0.437 e. The van der Waals surface area contributed by atoms with Gasteiger partial charge in [0.1, 0.15) is 41.2 Å². The highest BCUT2D eigenvalue weighted by Gasteiger charge is 2.60. The number of ether oxygens (including phenoxy) is 4. The van der Waals surface area contributed by atoms with Gasteiger partial charge in [-0.1, -0.05) is 25.0 Å². The molecule has 4 aliphatic heterocycles. The van der Waals surface area contributed by atoms with Crippen molar-refractivity contribution in [3.05, 3.63) is 41.6 Å². The van der Waals surface area contributed by atoms with Crippen molar-refractivity contribution in [2.45, 2.75) is 163 Å². The highest BCUT2D eigenvalue weighted by molar-refractivity contribution is 7.91. The van der Waals surface area contributed by atoms with Crippen molar-refractivity contribution in [1.82, 2.24) is 30.1 Å². The Balaban J connectivity index is 1.12. The molecule has 2 saturated carbocycles. The monoisotopic (exact) mass is 974 g/mol. The molecule has 6 aliphatic rings. The molecule has 4 amide bonds. The van der Waals surface area contributed by atoms with Gasteiger partial charge in [-0.15, -0.1) is 0 Å². The number of carbonyl (C=O) groups excluding carboxylic acids is 4. The van der Waals surface area contributed by atoms with Crippen molar-refractivity contribution in [2.24, 2.45) is 5.92 Å². The van der Waals surface area contributed by atoms with E-state index >= 15 is 13.2 Å². The van der Waals surface area contributed by atoms with Crippen LogP contribution in [0.2, 0.25) is 0 Å². The van der Waals surface area contributed by atoms with E-state index in [0.717, 1.165) is 25.9 Å². The second kappa shape index (κ2) is 18.9. The molecule has 0 bridgehead atoms. The number of hydrogen-bond acceptors (Lipinski definition) is 12. The van der Waals surface area contributed by atoms with Crippen molar-refractivity contribution in [3.8, 4) is 11.5 Å². The molecule has 5 unspecified atom stereocenters. The van der Waals surface area contributed by atoms with Gasteiger partial charge in [0.05, 0.1) is 29.5 Å². The fraction of sp³-hybridized carbons (Fsp3) is 0.688. The number of halogens is 3. The van der Waals surface area contributed by atoms with Gasteiger partial charge in [-0.25, -0.2) is 18.2 Å². The number of amides is 4. The molecular formula is C48H65F3N6O10S. The number of aromatic nitrogens is 1. The summed E-state index contributed by atoms with van der Waals surface area (Å²) in [6.45, 7) is 8.65. The summed E-state index contributed by atoms with van der Waals surface area (Å²) in [7, 11) is -2.06. The average molecular weight is 975 g/mol. The Kier molecular flexibility index (Phi) is 13.8. The molecule has 68 heavy (non-hydrogen) atoms. The molecular weight excluding hydrogens is 910 g/mol. The van der Waals surface area contributed by atoms with Gasteiger partial charge in [-0.05, 0) is 124 Å². The van der Waals surface area contributed by atoms with Crippen LogP contribution in [0.5, 0.6) is 11.5 Å². The fourth-order valence-electron chi connectivity index (χ4n) is 10.1. The SMILES string of the molecule is CN1CCC(OCCOc2ccc3nc(C(F)(F)F)c4c(c3c2)CCC2(CC3C(=O)NC5(C(=O)NS(=O)(=O)C6(C)CC6)CCC5C=CCCCCCC(NC(=O)OC(C)(C)C)C(=O)N3C2)O4)CC1. The van der Waals surface area contributed by atoms with Gasteiger partial charge >= 0.3 is 12.3 Å². The van der Waals surface area contributed by atoms with Crippen LogP contribution in [0, 0.1) is 5.92 Å². The fourth-order valence-corrected chi connectivity index (χ4v) is 11.5. The number of benzene rings is 1. The molecule has 20 heteroatoms. The van der Waals surface area contributed by atoms with Gasteiger partial charge in [0.2, 0.25) is 21.8 Å². The predicted octanol–water partition coefficient (Wildman–Crippen LogP) is 6.09. The molecule has 16 nitrogen and oxygen atoms in total. The van der Waals surface area contributed by atoms with Crippen LogP contribution < -0.4 is 24.8 Å². The average Bonchev–Trinajstić information content (AvgIpc) is 3.93. The molecule has 5 atom stereocenters. The van der Waals surface area contributed by atoms with E-state index in [1.165, 1.54) is 11.0 Å². The largest absolute Gasteiger partial charge is 0.491 e. The number of allylic oxidation sites excluding steroid dienone is 1. The van der Waals surface area contributed by atoms with E-state index in [9.17, 15) is 27.6 Å². The van der Waals surface area contributed by atoms with Gasteiger partial charge in [-0.3, -0.25) is 19.1 Å². The van der Waals surface area contributed by atoms with Gasteiger partial charge in [0, 0.05) is 36.4 Å². The van der Waals surface area contributed by atoms with Crippen LogP contribution in [0.15, 0.2) is 30.4 Å². The third-order valence-corrected chi connectivity index (χ3v) is 16.7. The van der Waals surface area contributed by atoms with E-state index in [1.807, 2.05) is 12.2 Å². The number of alkyl halides is 3. The maximum absolute atomic E-state index is 15.1. The number of alkyl carbamates (subject to hydrolysis) is 1. The zero-order valence-electron chi connectivity index (χ0n) is 39.6. The van der Waals surface area contributed by atoms with Crippen LogP contribution in [0.3, 0.4) is 0 Å². The number of aryl methyl sites for hydroxylation is 1. The Hall–Kier alpha value is -4.69. The minimum absolute atomic E-state index is 0.0475. The molecule has 3 N–H and O–H groups in total. The lowest BCUT2D eigenvalue weighted by Crippen LogP contribution is -2.70. The second-order valence-corrected chi connectivity index (χ2v) is 23.1. The number of likely N-dealkylation sites (tertiary alicyclic amines) is 1. The van der Waals surface area contributed by atoms with E-state index in [-0.39, 0.29) is 62.4 Å². The first-order chi connectivity index (χ1) is 32.0. The zero-order valence-corrected chi connectivity index (χ0v) is 40.4. The van der Waals surface area contributed by atoms with E-state index < -0.39 is 90.9 Å². The van der Waals surface area contributed by atoms with E-state index in [0.29, 0.717) is 62.7 Å². The summed E-state index contributed by atoms with van der Waals surface area (Å²) < 4.78 is 97.2. The Morgan fingerprint density at radius 3 is 2.43 bits per heavy atom. The molecule has 1 aromatic heterocycles. The standard InChI is InChI=1S/C48H65F3N6O10S/c1-44(2,3)67-43(61)53-36-12-10-8-6-7-9-11-30-15-20-47(30,42(60)55-68(62,63)45(4)21-22-45)54-40(58)37-28-46(29-57(37)41(36)59)19-16-33-34-27-32(65-26-25-64-31-17-23-56(5)24-18-31)13-14-35(34)52-39(38(33)66-46)48(49,50)51/h9,11,13-14,27,30-31,36-37H,6-8,10,12,15-26,28-29H2,1-5H3,(H,53,61)(H,54,58)(H,55,60). The first kappa shape index (κ1) is 49.7. The quantitative estimate of drug-likeness (QED) is 0.194. The first-order valence-corrected chi connectivity index (χ1v) is 25.5. The lowest BCUT2D eigenvalue weighted by Gasteiger charge is -2.48. The van der Waals surface area contributed by atoms with Gasteiger partial charge in [0.15, 0.2) is 11.4 Å². The summed E-state index contributed by atoms with van der Waals surface area (Å²) in [5, 5.41) is 5.96. The smallest absolute Gasteiger partial charge is 0.437 e. The minimum atomic E-state index is -4.96. The summed E-state index contributed by atoms with van der Waals surface area (Å²) in [5.41, 5.74) is -5.11. The second-order valence-electron chi connectivity index (χ2n) is 20.9. The number of nitrogens with one attached hydrogen (secondary N) is 3. The number of carbonyl (C=O) groups is 4. The molecule has 4 fully saturated rings. The van der Waals surface area contributed by atoms with Crippen molar-refractivity contribution in [3.63, 3.8) is 0 Å². The van der Waals surface area contributed by atoms with Crippen molar-refractivity contribution >= 4 is 44.7 Å². The van der Waals surface area contributed by atoms with Crippen molar-refractivity contribution < 1.29 is 59.7 Å². The minimum Gasteiger partial charge on any atom is -0.491 e. The normalized spacial score (nSPS) is 28.2. The van der Waals surface area contributed by atoms with Crippen molar-refractivity contribution in [2.75, 3.05) is 39.9 Å². The van der Waals surface area contributed by atoms with Crippen molar-refractivity contribution in [1.29, 1.82) is 0 Å². The molecule has 0 radical (unpaired) electrons. The van der Waals surface area contributed by atoms with Gasteiger partial charge in [-0.2, -0.15) is 13.2 Å². The summed E-state index contributed by atoms with van der Waals surface area (Å²) in [4.78, 5) is 64.9. The molecule has 374 valence electrons. The Labute approximate surface area is 395 Å². The third kappa shape index (κ3) is 10.6. The first-order valence-electron chi connectivity index (χ1n) is 24.0. The lowest BCUT2D eigenvalue weighted by molar-refractivity contribution is -0.145. The molecule has 1 aromatic carbocycles. The van der Waals surface area contributed by atoms with Crippen LogP contribution in [0.1, 0.15) is 122 Å². The third-order valence-electron chi connectivity index (χ3n) is 14.6. The molecule has 2 saturated heterocycles. The summed E-state index contributed by atoms with van der Waals surface area (Å²) >= 11 is 0. The number of piperidine rings is 1. The molecule has 8 rings (SSSR count). The number of rotatable bonds is 9. The van der Waals surface area contributed by atoms with Crippen LogP contribution in [-0.4, -0.2) is 127 Å². The number of fused-ring (bicyclic) bond motifs is 5. The highest BCUT2D eigenvalue weighted by atomic mass is 32.2. The molecule has 2 aliphatic carbocycles. The number of pyridine rings is 1. The summed E-state index contributed by atoms with van der Waals surface area (Å²) in [6.07, 6.45) is 3.59. The lowest BCUT2D eigenvalue weighted by atomic mass is 9.65. The molecule has 1 spiro atoms. The summed E-state index contributed by atoms with van der Waals surface area (Å²) in [6, 6.07) is 2.06. The van der Waals surface area contributed by atoms with E-state index in [2.05, 4.69) is 32.3 Å². The topological polar surface area (TPSA) is 195 Å². The Morgan fingerprint density at radius 2 is 1.75 bits per heavy atom. The summed E-state index contributed by atoms with van der Waals surface area (Å²) in [5.74, 6) is -3.09. The predicted molar refractivity (Wildman–Crippen MR) is 244 cm³/mol. The van der Waals surface area contributed by atoms with Gasteiger partial charge < -0.3 is 39.4 Å². The number of hydrogen-bond donors (Lipinski definition) is 3. The maximum atomic E-state index is 15.1. The van der Waals surface area contributed by atoms with E-state index in [4.69, 9.17) is 18.9 Å². The number of nitrogens with zero attached hydrogens (tertiary/aromatic N) is 3. The Bertz CT molecular complexity index is 2420. The molecule has 5 heterocycles. The number of sulfonamides is 1. The van der Waals surface area contributed by atoms with Crippen LogP contribution in [0.4, 0.5) is 18.0 Å². The van der Waals surface area contributed by atoms with E-state index in [1.54, 1.807) is 39.8 Å². The Morgan fingerprint density at radius 1 is 1.00 bits per heavy atom.